The molecule has 3 heterocycles. The summed E-state index contributed by atoms with van der Waals surface area (Å²) in [5.41, 5.74) is 9.25. The van der Waals surface area contributed by atoms with Gasteiger partial charge in [-0.1, -0.05) is 6.58 Å². The van der Waals surface area contributed by atoms with E-state index in [0.29, 0.717) is 42.3 Å². The van der Waals surface area contributed by atoms with E-state index in [2.05, 4.69) is 42.3 Å². The van der Waals surface area contributed by atoms with Crippen LogP contribution in [0.5, 0.6) is 11.5 Å². The number of carbonyl (C=O) groups excluding carboxylic acids is 1. The number of aromatic nitrogens is 4. The van der Waals surface area contributed by atoms with Crippen molar-refractivity contribution in [2.75, 3.05) is 42.2 Å². The number of nitrogens with one attached hydrogen (secondary N) is 3. The van der Waals surface area contributed by atoms with Gasteiger partial charge in [0.2, 0.25) is 11.9 Å². The average molecular weight is 589 g/mol. The van der Waals surface area contributed by atoms with Crippen LogP contribution in [0.25, 0.3) is 11.0 Å². The number of nitrogens with zero attached hydrogens (tertiary/aromatic N) is 7. The highest BCUT2D eigenvalue weighted by Crippen LogP contribution is 2.40. The van der Waals surface area contributed by atoms with Crippen molar-refractivity contribution in [1.82, 2.24) is 24.8 Å². The van der Waals surface area contributed by atoms with E-state index < -0.39 is 11.6 Å². The molecule has 1 amide bonds. The number of amides is 1. The fourth-order valence-corrected chi connectivity index (χ4v) is 5.02. The zero-order valence-electron chi connectivity index (χ0n) is 24.1. The first-order valence-corrected chi connectivity index (χ1v) is 13.4. The molecule has 5 rings (SSSR count). The maximum atomic E-state index is 15.6. The smallest absolute Gasteiger partial charge is 0.246 e. The molecule has 222 valence electrons. The Kier molecular flexibility index (Phi) is 8.10. The molecule has 1 fully saturated rings. The molecule has 0 aliphatic carbocycles. The first kappa shape index (κ1) is 29.2. The van der Waals surface area contributed by atoms with Gasteiger partial charge in [0.25, 0.3) is 0 Å². The van der Waals surface area contributed by atoms with Gasteiger partial charge in [0.15, 0.2) is 23.2 Å². The molecule has 43 heavy (non-hydrogen) atoms. The van der Waals surface area contributed by atoms with Gasteiger partial charge in [0, 0.05) is 49.9 Å². The summed E-state index contributed by atoms with van der Waals surface area (Å²) >= 11 is 0. The maximum Gasteiger partial charge on any atom is 0.246 e. The van der Waals surface area contributed by atoms with Crippen molar-refractivity contribution in [3.05, 3.63) is 66.1 Å². The molecule has 1 aliphatic rings. The largest absolute Gasteiger partial charge is 0.454 e. The van der Waals surface area contributed by atoms with Crippen LogP contribution < -0.4 is 20.3 Å². The number of carbonyl (C=O) groups is 1. The molecular weight excluding hydrogens is 558 g/mol. The molecule has 0 bridgehead atoms. The Balaban J connectivity index is 1.42. The van der Waals surface area contributed by atoms with Crippen LogP contribution in [0.1, 0.15) is 18.1 Å². The summed E-state index contributed by atoms with van der Waals surface area (Å²) in [5.74, 6) is -0.797. The van der Waals surface area contributed by atoms with Gasteiger partial charge < -0.3 is 25.2 Å². The lowest BCUT2D eigenvalue weighted by atomic mass is 10.1. The highest BCUT2D eigenvalue weighted by Gasteiger charge is 2.28. The molecule has 0 radical (unpaired) electrons. The quantitative estimate of drug-likeness (QED) is 0.172. The third-order valence-electron chi connectivity index (χ3n) is 7.36. The summed E-state index contributed by atoms with van der Waals surface area (Å²) < 4.78 is 36.4. The van der Waals surface area contributed by atoms with Gasteiger partial charge >= 0.3 is 0 Å². The normalized spacial score (nSPS) is 14.9. The van der Waals surface area contributed by atoms with Crippen LogP contribution in [0.2, 0.25) is 0 Å². The Labute approximate surface area is 246 Å². The molecule has 2 aromatic heterocycles. The van der Waals surface area contributed by atoms with Gasteiger partial charge in [-0.3, -0.25) is 4.79 Å². The van der Waals surface area contributed by atoms with Crippen LogP contribution in [0.4, 0.5) is 37.6 Å². The Hall–Kier alpha value is -5.27. The summed E-state index contributed by atoms with van der Waals surface area (Å²) in [6.45, 7) is 10.1. The third-order valence-corrected chi connectivity index (χ3v) is 7.36. The first-order chi connectivity index (χ1) is 20.7. The van der Waals surface area contributed by atoms with Gasteiger partial charge in [-0.05, 0) is 39.0 Å². The Morgan fingerprint density at radius 1 is 1.16 bits per heavy atom. The van der Waals surface area contributed by atoms with Gasteiger partial charge in [-0.25, -0.2) is 34.2 Å². The lowest BCUT2D eigenvalue weighted by Gasteiger charge is -2.39. The van der Waals surface area contributed by atoms with E-state index in [1.165, 1.54) is 44.4 Å². The zero-order valence-corrected chi connectivity index (χ0v) is 24.1. The monoisotopic (exact) mass is 588 g/mol. The number of halogens is 2. The number of anilines is 4. The Bertz CT molecular complexity index is 1750. The van der Waals surface area contributed by atoms with E-state index >= 15 is 8.78 Å². The number of hydrogen-bond acceptors (Lipinski definition) is 11. The van der Waals surface area contributed by atoms with Crippen molar-refractivity contribution < 1.29 is 18.3 Å². The predicted octanol–water partition coefficient (Wildman–Crippen LogP) is 5.78. The van der Waals surface area contributed by atoms with Crippen molar-refractivity contribution in [2.24, 2.45) is 5.11 Å². The minimum absolute atomic E-state index is 0.0763. The van der Waals surface area contributed by atoms with Gasteiger partial charge in [-0.2, -0.15) is 5.11 Å². The minimum Gasteiger partial charge on any atom is -0.454 e. The van der Waals surface area contributed by atoms with Crippen LogP contribution in [0.3, 0.4) is 0 Å². The Morgan fingerprint density at radius 2 is 1.95 bits per heavy atom. The second-order valence-corrected chi connectivity index (χ2v) is 10.0. The van der Waals surface area contributed by atoms with Crippen LogP contribution >= 0.6 is 0 Å². The molecule has 14 heteroatoms. The second kappa shape index (κ2) is 11.9. The highest BCUT2D eigenvalue weighted by molar-refractivity contribution is 5.88. The van der Waals surface area contributed by atoms with E-state index in [1.807, 2.05) is 11.8 Å². The highest BCUT2D eigenvalue weighted by atomic mass is 19.1. The van der Waals surface area contributed by atoms with Crippen molar-refractivity contribution >= 4 is 45.8 Å². The summed E-state index contributed by atoms with van der Waals surface area (Å²) in [6.07, 6.45) is 4.20. The van der Waals surface area contributed by atoms with Crippen LogP contribution in [-0.4, -0.2) is 63.5 Å². The van der Waals surface area contributed by atoms with Crippen molar-refractivity contribution in [2.45, 2.75) is 26.8 Å². The van der Waals surface area contributed by atoms with Gasteiger partial charge in [0.05, 0.1) is 17.6 Å². The summed E-state index contributed by atoms with van der Waals surface area (Å²) in [4.78, 5) is 33.5. The average Bonchev–Trinajstić information content (AvgIpc) is 3.02. The van der Waals surface area contributed by atoms with E-state index in [9.17, 15) is 4.79 Å². The number of hydrogen-bond donors (Lipinski definition) is 3. The van der Waals surface area contributed by atoms with E-state index in [0.717, 1.165) is 0 Å². The molecular formula is C29H30F2N10O2. The molecule has 1 aliphatic heterocycles. The van der Waals surface area contributed by atoms with Crippen LogP contribution in [-0.2, 0) is 4.79 Å². The number of fused-ring (bicyclic) bond motifs is 1. The van der Waals surface area contributed by atoms with Crippen LogP contribution in [0.15, 0.2) is 48.5 Å². The molecule has 2 aromatic carbocycles. The molecule has 0 spiro atoms. The molecule has 3 N–H and O–H groups in total. The SMILES string of the molecule is C=CC(=O)N1CCN(c2ncc3ncnc(Nc4ccc(Oc5cc(N=N)c(NC)c(C)c5F)c(C)c4F)c3n2)C[C@H]1C. The molecule has 1 atom stereocenters. The fourth-order valence-electron chi connectivity index (χ4n) is 5.02. The number of piperazine rings is 1. The maximum absolute atomic E-state index is 15.6. The fraction of sp³-hybridized carbons (Fsp3) is 0.276. The second-order valence-electron chi connectivity index (χ2n) is 10.0. The van der Waals surface area contributed by atoms with Crippen molar-refractivity contribution in [1.29, 1.82) is 5.53 Å². The van der Waals surface area contributed by atoms with Gasteiger partial charge in [0.1, 0.15) is 28.8 Å². The lowest BCUT2D eigenvalue weighted by Crippen LogP contribution is -2.54. The number of ether oxygens (including phenoxy) is 1. The summed E-state index contributed by atoms with van der Waals surface area (Å²) in [5, 5.41) is 9.26. The van der Waals surface area contributed by atoms with Crippen LogP contribution in [0, 0.1) is 31.0 Å². The third kappa shape index (κ3) is 5.50. The summed E-state index contributed by atoms with van der Waals surface area (Å²) in [6, 6.07) is 4.17. The predicted molar refractivity (Wildman–Crippen MR) is 159 cm³/mol. The molecule has 0 saturated carbocycles. The minimum atomic E-state index is -0.648. The van der Waals surface area contributed by atoms with Gasteiger partial charge in [-0.15, -0.1) is 0 Å². The number of rotatable bonds is 8. The zero-order chi connectivity index (χ0) is 30.8. The molecule has 12 nitrogen and oxygen atoms in total. The van der Waals surface area contributed by atoms with E-state index in [4.69, 9.17) is 10.3 Å². The van der Waals surface area contributed by atoms with E-state index in [-0.39, 0.29) is 51.8 Å². The lowest BCUT2D eigenvalue weighted by molar-refractivity contribution is -0.128. The Morgan fingerprint density at radius 3 is 2.65 bits per heavy atom. The van der Waals surface area contributed by atoms with Crippen molar-refractivity contribution in [3.63, 3.8) is 0 Å². The number of benzene rings is 2. The topological polar surface area (TPSA) is 145 Å². The summed E-state index contributed by atoms with van der Waals surface area (Å²) in [7, 11) is 1.60. The van der Waals surface area contributed by atoms with Crippen molar-refractivity contribution in [3.8, 4) is 11.5 Å². The molecule has 4 aromatic rings. The molecule has 1 saturated heterocycles. The standard InChI is InChI=1S/C29H30F2N10O2/c1-6-23(42)41-10-9-40(13-15(41)2)29-34-12-20-27(38-29)28(36-14-35-20)37-18-7-8-21(16(3)24(18)30)43-22-11-19(39-32)26(33-5)17(4)25(22)31/h6-8,11-12,14-15,32-33H,1,9-10,13H2,2-5H3,(H,35,36,37)/t15-/m1/s1. The van der Waals surface area contributed by atoms with E-state index in [1.54, 1.807) is 18.1 Å². The molecule has 0 unspecified atom stereocenters. The first-order valence-electron chi connectivity index (χ1n) is 13.4.